The lowest BCUT2D eigenvalue weighted by atomic mass is 10.1. The van der Waals surface area contributed by atoms with Gasteiger partial charge in [-0.1, -0.05) is 22.4 Å². The van der Waals surface area contributed by atoms with E-state index in [1.54, 1.807) is 8.96 Å². The average Bonchev–Trinajstić information content (AvgIpc) is 3.48. The molecule has 0 unspecified atom stereocenters. The summed E-state index contributed by atoms with van der Waals surface area (Å²) in [5.41, 5.74) is 0.443. The van der Waals surface area contributed by atoms with Crippen LogP contribution in [-0.4, -0.2) is 31.3 Å². The molecule has 0 fully saturated rings. The van der Waals surface area contributed by atoms with E-state index in [9.17, 15) is 26.3 Å². The molecule has 0 radical (unpaired) electrons. The maximum atomic E-state index is 14.5. The molecule has 3 aliphatic heterocycles. The number of halogens is 7. The zero-order valence-electron chi connectivity index (χ0n) is 18.9. The molecule has 0 spiro atoms. The van der Waals surface area contributed by atoms with E-state index < -0.39 is 39.7 Å². The first-order valence-electron chi connectivity index (χ1n) is 11.3. The largest absolute Gasteiger partial charge is 0.462 e. The molecule has 4 bridgehead atoms. The van der Waals surface area contributed by atoms with Crippen LogP contribution in [0.1, 0.15) is 11.1 Å². The van der Waals surface area contributed by atoms with Crippen LogP contribution in [0.2, 0.25) is 0 Å². The average molecular weight is 642 g/mol. The molecule has 5 aromatic rings. The van der Waals surface area contributed by atoms with Gasteiger partial charge in [-0.25, -0.2) is 41.3 Å². The van der Waals surface area contributed by atoms with Crippen molar-refractivity contribution < 1.29 is 26.3 Å². The van der Waals surface area contributed by atoms with Crippen LogP contribution in [0.3, 0.4) is 0 Å². The maximum Gasteiger partial charge on any atom is 0.462 e. The molecule has 3 aliphatic rings. The Bertz CT molecular complexity index is 2260. The summed E-state index contributed by atoms with van der Waals surface area (Å²) >= 11 is 2.03. The summed E-state index contributed by atoms with van der Waals surface area (Å²) < 4.78 is 89.4. The highest BCUT2D eigenvalue weighted by molar-refractivity contribution is 14.1. The van der Waals surface area contributed by atoms with Crippen molar-refractivity contribution in [3.05, 3.63) is 93.3 Å². The molecule has 14 heteroatoms. The number of hydrogen-bond acceptors (Lipinski definition) is 4. The number of fused-ring (bicyclic) bond motifs is 10. The van der Waals surface area contributed by atoms with Crippen LogP contribution in [-0.2, 0) is 0 Å². The first kappa shape index (κ1) is 22.8. The van der Waals surface area contributed by atoms with Gasteiger partial charge in [-0.05, 0) is 36.4 Å². The lowest BCUT2D eigenvalue weighted by molar-refractivity contribution is 0.508. The number of benzene rings is 3. The Morgan fingerprint density at radius 2 is 1.10 bits per heavy atom. The minimum atomic E-state index is -1.14. The maximum absolute atomic E-state index is 14.5. The van der Waals surface area contributed by atoms with Crippen LogP contribution in [0.4, 0.5) is 38.0 Å². The summed E-state index contributed by atoms with van der Waals surface area (Å²) in [4.78, 5) is 17.2. The van der Waals surface area contributed by atoms with Gasteiger partial charge in [0.1, 0.15) is 22.5 Å². The van der Waals surface area contributed by atoms with Crippen molar-refractivity contribution in [2.45, 2.75) is 0 Å². The van der Waals surface area contributed by atoms with Crippen LogP contribution >= 0.6 is 22.4 Å². The first-order chi connectivity index (χ1) is 18.7. The van der Waals surface area contributed by atoms with E-state index in [0.717, 1.165) is 36.4 Å². The van der Waals surface area contributed by atoms with Crippen molar-refractivity contribution in [3.8, 4) is 0 Å². The van der Waals surface area contributed by atoms with E-state index >= 15 is 0 Å². The first-order valence-corrected chi connectivity index (χ1v) is 12.5. The molecule has 0 amide bonds. The number of nitrogens with zero attached hydrogens (tertiary/aromatic N) is 6. The molecule has 3 aromatic carbocycles. The zero-order valence-corrected chi connectivity index (χ0v) is 21.0. The smallest absolute Gasteiger partial charge is 0.332 e. The van der Waals surface area contributed by atoms with Crippen LogP contribution in [0.15, 0.2) is 56.4 Å². The molecule has 0 aliphatic carbocycles. The predicted molar refractivity (Wildman–Crippen MR) is 140 cm³/mol. The second-order valence-electron chi connectivity index (χ2n) is 9.01. The molecule has 39 heavy (non-hydrogen) atoms. The number of hydrogen-bond donors (Lipinski definition) is 0. The highest BCUT2D eigenvalue weighted by Gasteiger charge is 2.35. The van der Waals surface area contributed by atoms with E-state index in [0.29, 0.717) is 0 Å². The molecular formula is C25H6BF6IN6. The summed E-state index contributed by atoms with van der Waals surface area (Å²) in [6.07, 6.45) is 0. The summed E-state index contributed by atoms with van der Waals surface area (Å²) in [6, 6.07) is 5.74. The number of rotatable bonds is 0. The van der Waals surface area contributed by atoms with Crippen molar-refractivity contribution in [1.82, 2.24) is 8.96 Å². The Labute approximate surface area is 226 Å². The minimum absolute atomic E-state index is 0.0460. The Morgan fingerprint density at radius 1 is 0.590 bits per heavy atom. The number of aliphatic imine (C=N–C) groups is 3. The quantitative estimate of drug-likeness (QED) is 0.134. The van der Waals surface area contributed by atoms with Gasteiger partial charge in [0.25, 0.3) is 0 Å². The van der Waals surface area contributed by atoms with Gasteiger partial charge in [-0.2, -0.15) is 4.99 Å². The van der Waals surface area contributed by atoms with Gasteiger partial charge in [0.2, 0.25) is 0 Å². The van der Waals surface area contributed by atoms with Gasteiger partial charge in [0.15, 0.2) is 46.6 Å². The van der Waals surface area contributed by atoms with Crippen molar-refractivity contribution in [1.29, 1.82) is 0 Å². The summed E-state index contributed by atoms with van der Waals surface area (Å²) in [5.74, 6) is -3.77. The molecule has 0 atom stereocenters. The third kappa shape index (κ3) is 2.89. The molecule has 0 N–H and O–H groups in total. The Hall–Kier alpha value is -4.17. The van der Waals surface area contributed by atoms with Crippen molar-refractivity contribution in [3.63, 3.8) is 0 Å². The lowest BCUT2D eigenvalue weighted by Gasteiger charge is -2.18. The standard InChI is InChI=1S/C25H6BF6IN6/c27-14-1-8-11(4-17(14)30)24-37-25-13-6-19(32)18(31)5-12(13)23-36-22-10-3-16(29)15(28)2-9(10)21(35-22)34-7-20(8)38(24)26(33)39(23)25/h1-6H/b36-22-. The Kier molecular flexibility index (Phi) is 4.37. The number of amidine groups is 2. The van der Waals surface area contributed by atoms with Crippen molar-refractivity contribution in [2.24, 2.45) is 20.0 Å². The van der Waals surface area contributed by atoms with E-state index in [4.69, 9.17) is 0 Å². The topological polar surface area (TPSA) is 59.3 Å². The Morgan fingerprint density at radius 3 is 1.74 bits per heavy atom. The molecule has 6 nitrogen and oxygen atoms in total. The second kappa shape index (κ2) is 7.48. The van der Waals surface area contributed by atoms with Crippen molar-refractivity contribution >= 4 is 77.9 Å². The van der Waals surface area contributed by atoms with Crippen LogP contribution in [0, 0.1) is 34.9 Å². The molecular weight excluding hydrogens is 636 g/mol. The van der Waals surface area contributed by atoms with E-state index in [1.807, 2.05) is 22.4 Å². The molecule has 5 heterocycles. The fourth-order valence-electron chi connectivity index (χ4n) is 5.17. The highest BCUT2D eigenvalue weighted by atomic mass is 127. The summed E-state index contributed by atoms with van der Waals surface area (Å²) in [5, 5.41) is 1.00. The minimum Gasteiger partial charge on any atom is -0.332 e. The van der Waals surface area contributed by atoms with E-state index in [2.05, 4.69) is 25.8 Å². The fourth-order valence-corrected chi connectivity index (χ4v) is 6.24. The van der Waals surface area contributed by atoms with Gasteiger partial charge in [-0.3, -0.25) is 0 Å². The van der Waals surface area contributed by atoms with Gasteiger partial charge in [0.05, 0.1) is 0 Å². The van der Waals surface area contributed by atoms with Gasteiger partial charge in [-0.15, -0.1) is 0 Å². The molecule has 8 rings (SSSR count). The van der Waals surface area contributed by atoms with Crippen molar-refractivity contribution in [2.75, 3.05) is 0 Å². The van der Waals surface area contributed by atoms with Crippen LogP contribution < -0.4 is 10.8 Å². The van der Waals surface area contributed by atoms with Gasteiger partial charge >= 0.3 is 4.84 Å². The predicted octanol–water partition coefficient (Wildman–Crippen LogP) is 4.71. The third-order valence-corrected chi connectivity index (χ3v) is 8.01. The lowest BCUT2D eigenvalue weighted by Crippen LogP contribution is -2.44. The molecule has 2 aromatic heterocycles. The SMILES string of the molecule is Fc1cc2c(cc1F)/C1=N/c3c4cc(F)c(F)cc4c4n3B(I)n3c(c5cc(F)c(F)cc5c3=N4)=C=NC2=N1. The van der Waals surface area contributed by atoms with Crippen LogP contribution in [0.25, 0.3) is 21.5 Å². The number of aromatic nitrogens is 2. The third-order valence-electron chi connectivity index (χ3n) is 6.90. The normalized spacial score (nSPS) is 16.0. The molecule has 0 saturated carbocycles. The molecule has 0 saturated heterocycles. The summed E-state index contributed by atoms with van der Waals surface area (Å²) in [7, 11) is 0. The zero-order chi connectivity index (χ0) is 26.9. The van der Waals surface area contributed by atoms with E-state index in [-0.39, 0.29) is 66.8 Å². The molecule has 188 valence electrons. The monoisotopic (exact) mass is 642 g/mol. The Balaban J connectivity index is 1.65. The highest BCUT2D eigenvalue weighted by Crippen LogP contribution is 2.42. The van der Waals surface area contributed by atoms with Gasteiger partial charge in [0, 0.05) is 38.5 Å². The van der Waals surface area contributed by atoms with Gasteiger partial charge < -0.3 is 8.96 Å². The van der Waals surface area contributed by atoms with E-state index in [1.165, 1.54) is 0 Å². The summed E-state index contributed by atoms with van der Waals surface area (Å²) in [6.45, 7) is 0. The van der Waals surface area contributed by atoms with Crippen LogP contribution in [0.5, 0.6) is 0 Å². The second-order valence-corrected chi connectivity index (χ2v) is 10.1. The fraction of sp³-hybridized carbons (Fsp3) is 0.